The summed E-state index contributed by atoms with van der Waals surface area (Å²) in [5.41, 5.74) is 1.68. The Bertz CT molecular complexity index is 893. The number of benzene rings is 1. The molecule has 0 aliphatic carbocycles. The summed E-state index contributed by atoms with van der Waals surface area (Å²) in [5.74, 6) is 0.0301. The molecule has 7 heteroatoms. The zero-order valence-corrected chi connectivity index (χ0v) is 15.1. The Balaban J connectivity index is 1.49. The Labute approximate surface area is 153 Å². The van der Waals surface area contributed by atoms with Crippen LogP contribution in [0.5, 0.6) is 6.01 Å². The van der Waals surface area contributed by atoms with E-state index in [1.165, 1.54) is 0 Å². The smallest absolute Gasteiger partial charge is 0.316 e. The first-order valence-electron chi connectivity index (χ1n) is 8.20. The summed E-state index contributed by atoms with van der Waals surface area (Å²) >= 11 is 3.30. The molecular weight excluding hydrogens is 384 g/mol. The van der Waals surface area contributed by atoms with Gasteiger partial charge < -0.3 is 14.6 Å². The maximum atomic E-state index is 12.9. The average molecular weight is 401 g/mol. The van der Waals surface area contributed by atoms with Crippen LogP contribution >= 0.6 is 15.9 Å². The zero-order chi connectivity index (χ0) is 17.2. The molecule has 25 heavy (non-hydrogen) atoms. The Hall–Kier alpha value is -2.41. The first kappa shape index (κ1) is 16.1. The van der Waals surface area contributed by atoms with Gasteiger partial charge in [0.2, 0.25) is 0 Å². The average Bonchev–Trinajstić information content (AvgIpc) is 3.07. The molecule has 1 amide bonds. The third-order valence-electron chi connectivity index (χ3n) is 4.35. The highest BCUT2D eigenvalue weighted by Crippen LogP contribution is 2.22. The van der Waals surface area contributed by atoms with Crippen LogP contribution in [0.2, 0.25) is 0 Å². The fraction of sp³-hybridized carbons (Fsp3) is 0.278. The van der Waals surface area contributed by atoms with E-state index in [0.29, 0.717) is 18.1 Å². The number of aromatic nitrogens is 3. The maximum Gasteiger partial charge on any atom is 0.316 e. The SMILES string of the molecule is O=C(c1c[nH]c2ccccc12)N1CCCC(Oc2ncc(Br)cn2)C1. The summed E-state index contributed by atoms with van der Waals surface area (Å²) < 4.78 is 6.66. The van der Waals surface area contributed by atoms with E-state index < -0.39 is 0 Å². The van der Waals surface area contributed by atoms with Crippen molar-refractivity contribution in [3.05, 3.63) is 52.9 Å². The molecule has 3 aromatic rings. The number of carbonyl (C=O) groups excluding carboxylic acids is 1. The van der Waals surface area contributed by atoms with Crippen molar-refractivity contribution in [3.8, 4) is 6.01 Å². The van der Waals surface area contributed by atoms with Gasteiger partial charge in [-0.1, -0.05) is 18.2 Å². The number of para-hydroxylation sites is 1. The van der Waals surface area contributed by atoms with E-state index in [9.17, 15) is 4.79 Å². The van der Waals surface area contributed by atoms with Gasteiger partial charge in [0.1, 0.15) is 6.10 Å². The van der Waals surface area contributed by atoms with E-state index in [-0.39, 0.29) is 12.0 Å². The number of halogens is 1. The highest BCUT2D eigenvalue weighted by Gasteiger charge is 2.27. The second-order valence-corrected chi connectivity index (χ2v) is 6.98. The molecule has 1 aromatic carbocycles. The Morgan fingerprint density at radius 3 is 2.92 bits per heavy atom. The summed E-state index contributed by atoms with van der Waals surface area (Å²) in [7, 11) is 0. The number of rotatable bonds is 3. The molecule has 1 atom stereocenters. The van der Waals surface area contributed by atoms with E-state index in [1.807, 2.05) is 29.2 Å². The number of aromatic amines is 1. The lowest BCUT2D eigenvalue weighted by molar-refractivity contribution is 0.0517. The molecule has 1 fully saturated rings. The summed E-state index contributed by atoms with van der Waals surface area (Å²) in [6.07, 6.45) is 6.78. The van der Waals surface area contributed by atoms with Gasteiger partial charge in [-0.2, -0.15) is 0 Å². The largest absolute Gasteiger partial charge is 0.458 e. The number of amides is 1. The lowest BCUT2D eigenvalue weighted by Gasteiger charge is -2.32. The number of likely N-dealkylation sites (tertiary alicyclic amines) is 1. The van der Waals surface area contributed by atoms with Crippen LogP contribution in [0.3, 0.4) is 0 Å². The predicted molar refractivity (Wildman–Crippen MR) is 97.6 cm³/mol. The fourth-order valence-corrected chi connectivity index (χ4v) is 3.35. The second kappa shape index (κ2) is 6.84. The van der Waals surface area contributed by atoms with Crippen LogP contribution in [0.1, 0.15) is 23.2 Å². The molecule has 1 aliphatic rings. The number of H-pyrrole nitrogens is 1. The summed E-state index contributed by atoms with van der Waals surface area (Å²) in [6, 6.07) is 8.18. The van der Waals surface area contributed by atoms with Crippen molar-refractivity contribution in [2.45, 2.75) is 18.9 Å². The maximum absolute atomic E-state index is 12.9. The van der Waals surface area contributed by atoms with Crippen molar-refractivity contribution in [2.24, 2.45) is 0 Å². The summed E-state index contributed by atoms with van der Waals surface area (Å²) in [5, 5.41) is 0.951. The molecule has 4 rings (SSSR count). The molecule has 0 saturated carbocycles. The van der Waals surface area contributed by atoms with Crippen LogP contribution < -0.4 is 4.74 Å². The Morgan fingerprint density at radius 1 is 1.28 bits per heavy atom. The van der Waals surface area contributed by atoms with Gasteiger partial charge in [0.25, 0.3) is 5.91 Å². The molecule has 0 radical (unpaired) electrons. The van der Waals surface area contributed by atoms with E-state index in [4.69, 9.17) is 4.74 Å². The normalized spacial score (nSPS) is 17.6. The monoisotopic (exact) mass is 400 g/mol. The molecule has 0 bridgehead atoms. The lowest BCUT2D eigenvalue weighted by atomic mass is 10.1. The molecule has 1 N–H and O–H groups in total. The Morgan fingerprint density at radius 2 is 2.08 bits per heavy atom. The van der Waals surface area contributed by atoms with Crippen LogP contribution in [0.15, 0.2) is 47.3 Å². The highest BCUT2D eigenvalue weighted by atomic mass is 79.9. The van der Waals surface area contributed by atoms with Gasteiger partial charge in [0.15, 0.2) is 0 Å². The Kier molecular flexibility index (Phi) is 4.40. The van der Waals surface area contributed by atoms with Gasteiger partial charge in [0, 0.05) is 36.0 Å². The number of carbonyl (C=O) groups is 1. The minimum atomic E-state index is -0.0934. The minimum absolute atomic E-state index is 0.0301. The van der Waals surface area contributed by atoms with Crippen LogP contribution in [-0.4, -0.2) is 45.0 Å². The molecule has 1 aliphatic heterocycles. The standard InChI is InChI=1S/C18H17BrN4O2/c19-12-8-21-18(22-9-12)25-13-4-3-7-23(11-13)17(24)15-10-20-16-6-2-1-5-14(15)16/h1-2,5-6,8-10,13,20H,3-4,7,11H2. The van der Waals surface area contributed by atoms with Gasteiger partial charge in [-0.15, -0.1) is 0 Å². The molecule has 128 valence electrons. The van der Waals surface area contributed by atoms with Crippen LogP contribution in [0.25, 0.3) is 10.9 Å². The molecule has 0 spiro atoms. The third-order valence-corrected chi connectivity index (χ3v) is 4.76. The molecule has 3 heterocycles. The van der Waals surface area contributed by atoms with Crippen molar-refractivity contribution in [3.63, 3.8) is 0 Å². The van der Waals surface area contributed by atoms with Gasteiger partial charge >= 0.3 is 6.01 Å². The van der Waals surface area contributed by atoms with Gasteiger partial charge in [0.05, 0.1) is 16.6 Å². The first-order chi connectivity index (χ1) is 12.2. The number of nitrogens with zero attached hydrogens (tertiary/aromatic N) is 3. The molecular formula is C18H17BrN4O2. The van der Waals surface area contributed by atoms with E-state index in [2.05, 4.69) is 30.9 Å². The number of nitrogens with one attached hydrogen (secondary N) is 1. The van der Waals surface area contributed by atoms with Gasteiger partial charge in [-0.05, 0) is 34.8 Å². The number of hydrogen-bond donors (Lipinski definition) is 1. The molecule has 6 nitrogen and oxygen atoms in total. The van der Waals surface area contributed by atoms with Crippen molar-refractivity contribution < 1.29 is 9.53 Å². The summed E-state index contributed by atoms with van der Waals surface area (Å²) in [6.45, 7) is 1.27. The van der Waals surface area contributed by atoms with Gasteiger partial charge in [-0.25, -0.2) is 9.97 Å². The number of ether oxygens (including phenoxy) is 1. The zero-order valence-electron chi connectivity index (χ0n) is 13.5. The summed E-state index contributed by atoms with van der Waals surface area (Å²) in [4.78, 5) is 26.2. The van der Waals surface area contributed by atoms with Crippen molar-refractivity contribution in [1.29, 1.82) is 0 Å². The number of piperidine rings is 1. The fourth-order valence-electron chi connectivity index (χ4n) is 3.15. The quantitative estimate of drug-likeness (QED) is 0.730. The van der Waals surface area contributed by atoms with Crippen LogP contribution in [0.4, 0.5) is 0 Å². The van der Waals surface area contributed by atoms with E-state index in [1.54, 1.807) is 18.6 Å². The van der Waals surface area contributed by atoms with E-state index in [0.717, 1.165) is 34.8 Å². The number of fused-ring (bicyclic) bond motifs is 1. The molecule has 1 unspecified atom stereocenters. The van der Waals surface area contributed by atoms with Crippen molar-refractivity contribution in [1.82, 2.24) is 19.9 Å². The van der Waals surface area contributed by atoms with Crippen molar-refractivity contribution in [2.75, 3.05) is 13.1 Å². The lowest BCUT2D eigenvalue weighted by Crippen LogP contribution is -2.44. The van der Waals surface area contributed by atoms with Crippen LogP contribution in [0, 0.1) is 0 Å². The molecule has 1 saturated heterocycles. The first-order valence-corrected chi connectivity index (χ1v) is 8.99. The van der Waals surface area contributed by atoms with Crippen molar-refractivity contribution >= 4 is 32.7 Å². The second-order valence-electron chi connectivity index (χ2n) is 6.07. The number of hydrogen-bond acceptors (Lipinski definition) is 4. The van der Waals surface area contributed by atoms with E-state index >= 15 is 0 Å². The predicted octanol–water partition coefficient (Wildman–Crippen LogP) is 3.40. The minimum Gasteiger partial charge on any atom is -0.458 e. The molecule has 2 aromatic heterocycles. The highest BCUT2D eigenvalue weighted by molar-refractivity contribution is 9.10. The third kappa shape index (κ3) is 3.37. The van der Waals surface area contributed by atoms with Gasteiger partial charge in [-0.3, -0.25) is 4.79 Å². The van der Waals surface area contributed by atoms with Crippen LogP contribution in [-0.2, 0) is 0 Å². The topological polar surface area (TPSA) is 71.1 Å².